The number of hydrogen-bond acceptors (Lipinski definition) is 5. The molecule has 5 aromatic carbocycles. The maximum Gasteiger partial charge on any atom is 0.256 e. The quantitative estimate of drug-likeness (QED) is 0.259. The highest BCUT2D eigenvalue weighted by molar-refractivity contribution is 6.99. The molecule has 0 aliphatic carbocycles. The van der Waals surface area contributed by atoms with Gasteiger partial charge in [0.25, 0.3) is 6.71 Å². The predicted molar refractivity (Wildman–Crippen MR) is 167 cm³/mol. The van der Waals surface area contributed by atoms with Gasteiger partial charge in [-0.25, -0.2) is 4.98 Å². The Morgan fingerprint density at radius 1 is 0.643 bits per heavy atom. The molecule has 0 bridgehead atoms. The Balaban J connectivity index is 1.33. The zero-order valence-corrected chi connectivity index (χ0v) is 22.3. The highest BCUT2D eigenvalue weighted by Crippen LogP contribution is 2.40. The molecule has 2 aromatic heterocycles. The Labute approximate surface area is 241 Å². The number of rotatable bonds is 2. The average molecular weight is 537 g/mol. The number of fused-ring (bicyclic) bond motifs is 7. The molecule has 0 N–H and O–H groups in total. The normalized spacial score (nSPS) is 12.8. The second-order valence-corrected chi connectivity index (χ2v) is 10.5. The standard InChI is InChI=1S/C35H20BN5O/c37-21-22-20-33(40-27-14-5-1-10-23(27)24-11-2-6-15-28(24)40)39-35(38-22)41-29-16-7-3-12-25(29)36-26-13-4-8-18-31(26)42-32-19-9-17-30(41)34(32)36/h1-20H. The molecular formula is C35H20BN5O. The minimum Gasteiger partial charge on any atom is -0.458 e. The van der Waals surface area contributed by atoms with E-state index in [9.17, 15) is 5.26 Å². The SMILES string of the molecule is N#Cc1cc(-n2c3ccccc3c3ccccc32)nc(N2c3ccccc3B3c4ccccc4Oc4cccc2c43)n1. The molecule has 6 nitrogen and oxygen atoms in total. The molecule has 2 aliphatic heterocycles. The van der Waals surface area contributed by atoms with Gasteiger partial charge < -0.3 is 4.74 Å². The average Bonchev–Trinajstić information content (AvgIpc) is 3.39. The van der Waals surface area contributed by atoms with Gasteiger partial charge in [-0.05, 0) is 52.8 Å². The second-order valence-electron chi connectivity index (χ2n) is 10.5. The second kappa shape index (κ2) is 8.57. The van der Waals surface area contributed by atoms with Crippen LogP contribution in [0.4, 0.5) is 17.3 Å². The molecule has 42 heavy (non-hydrogen) atoms. The minimum absolute atomic E-state index is 0.00422. The summed E-state index contributed by atoms with van der Waals surface area (Å²) in [5.41, 5.74) is 7.59. The first-order valence-corrected chi connectivity index (χ1v) is 13.9. The molecule has 0 saturated carbocycles. The number of aromatic nitrogens is 3. The van der Waals surface area contributed by atoms with Crippen LogP contribution < -0.4 is 26.0 Å². The van der Waals surface area contributed by atoms with Gasteiger partial charge in [0.1, 0.15) is 29.1 Å². The lowest BCUT2D eigenvalue weighted by atomic mass is 9.34. The summed E-state index contributed by atoms with van der Waals surface area (Å²) in [7, 11) is 0. The lowest BCUT2D eigenvalue weighted by Gasteiger charge is -2.38. The highest BCUT2D eigenvalue weighted by Gasteiger charge is 2.42. The summed E-state index contributed by atoms with van der Waals surface area (Å²) in [6.45, 7) is 0.00422. The summed E-state index contributed by atoms with van der Waals surface area (Å²) in [5, 5.41) is 12.4. The number of anilines is 3. The van der Waals surface area contributed by atoms with Crippen molar-refractivity contribution in [2.45, 2.75) is 0 Å². The zero-order valence-electron chi connectivity index (χ0n) is 22.3. The fraction of sp³-hybridized carbons (Fsp3) is 0. The van der Waals surface area contributed by atoms with Crippen LogP contribution in [0.5, 0.6) is 11.5 Å². The largest absolute Gasteiger partial charge is 0.458 e. The third kappa shape index (κ3) is 3.09. The van der Waals surface area contributed by atoms with E-state index >= 15 is 0 Å². The van der Waals surface area contributed by atoms with Crippen molar-refractivity contribution < 1.29 is 4.74 Å². The Morgan fingerprint density at radius 2 is 1.29 bits per heavy atom. The van der Waals surface area contributed by atoms with Crippen LogP contribution in [0.1, 0.15) is 5.69 Å². The van der Waals surface area contributed by atoms with Gasteiger partial charge in [-0.1, -0.05) is 78.9 Å². The molecule has 0 fully saturated rings. The van der Waals surface area contributed by atoms with Crippen molar-refractivity contribution in [1.82, 2.24) is 14.5 Å². The highest BCUT2D eigenvalue weighted by atomic mass is 16.5. The van der Waals surface area contributed by atoms with E-state index in [1.54, 1.807) is 6.07 Å². The van der Waals surface area contributed by atoms with Crippen LogP contribution in [0, 0.1) is 11.3 Å². The van der Waals surface area contributed by atoms with Crippen LogP contribution in [-0.2, 0) is 0 Å². The van der Waals surface area contributed by atoms with Gasteiger partial charge in [0.2, 0.25) is 5.95 Å². The van der Waals surface area contributed by atoms with E-state index in [0.29, 0.717) is 17.5 Å². The molecule has 7 aromatic rings. The molecule has 0 amide bonds. The summed E-state index contributed by atoms with van der Waals surface area (Å²) < 4.78 is 8.54. The predicted octanol–water partition coefficient (Wildman–Crippen LogP) is 5.85. The lowest BCUT2D eigenvalue weighted by Crippen LogP contribution is -2.59. The number of para-hydroxylation sites is 4. The van der Waals surface area contributed by atoms with E-state index in [1.807, 2.05) is 54.6 Å². The molecule has 4 heterocycles. The first-order chi connectivity index (χ1) is 20.8. The van der Waals surface area contributed by atoms with Gasteiger partial charge in [0, 0.05) is 28.2 Å². The van der Waals surface area contributed by atoms with Crippen molar-refractivity contribution in [2.75, 3.05) is 4.90 Å². The van der Waals surface area contributed by atoms with E-state index in [4.69, 9.17) is 14.7 Å². The number of ether oxygens (including phenoxy) is 1. The van der Waals surface area contributed by atoms with E-state index < -0.39 is 0 Å². The van der Waals surface area contributed by atoms with Crippen molar-refractivity contribution in [3.05, 3.63) is 127 Å². The first kappa shape index (κ1) is 22.9. The number of nitriles is 1. The fourth-order valence-electron chi connectivity index (χ4n) is 6.66. The summed E-state index contributed by atoms with van der Waals surface area (Å²) in [5.74, 6) is 2.76. The fourth-order valence-corrected chi connectivity index (χ4v) is 6.66. The molecule has 0 unspecified atom stereocenters. The lowest BCUT2D eigenvalue weighted by molar-refractivity contribution is 0.487. The van der Waals surface area contributed by atoms with E-state index in [1.165, 1.54) is 0 Å². The third-order valence-corrected chi connectivity index (χ3v) is 8.34. The van der Waals surface area contributed by atoms with Crippen LogP contribution in [0.25, 0.3) is 27.6 Å². The van der Waals surface area contributed by atoms with Crippen LogP contribution in [0.3, 0.4) is 0 Å². The monoisotopic (exact) mass is 537 g/mol. The molecule has 9 rings (SSSR count). The zero-order chi connectivity index (χ0) is 27.8. The third-order valence-electron chi connectivity index (χ3n) is 8.34. The van der Waals surface area contributed by atoms with Crippen LogP contribution in [0.15, 0.2) is 121 Å². The van der Waals surface area contributed by atoms with Gasteiger partial charge in [-0.15, -0.1) is 0 Å². The molecule has 194 valence electrons. The molecular weight excluding hydrogens is 517 g/mol. The summed E-state index contributed by atoms with van der Waals surface area (Å²) in [4.78, 5) is 12.0. The Kier molecular flexibility index (Phi) is 4.67. The smallest absolute Gasteiger partial charge is 0.256 e. The number of benzene rings is 5. The number of hydrogen-bond donors (Lipinski definition) is 0. The van der Waals surface area contributed by atoms with Crippen molar-refractivity contribution in [1.29, 1.82) is 5.26 Å². The van der Waals surface area contributed by atoms with E-state index in [2.05, 4.69) is 76.2 Å². The molecule has 0 saturated heterocycles. The molecule has 0 atom stereocenters. The molecule has 0 radical (unpaired) electrons. The van der Waals surface area contributed by atoms with Crippen LogP contribution >= 0.6 is 0 Å². The topological polar surface area (TPSA) is 67.0 Å². The van der Waals surface area contributed by atoms with Gasteiger partial charge in [0.05, 0.1) is 11.0 Å². The Hall–Kier alpha value is -5.87. The molecule has 2 aliphatic rings. The van der Waals surface area contributed by atoms with Crippen molar-refractivity contribution in [2.24, 2.45) is 0 Å². The number of nitrogens with zero attached hydrogens (tertiary/aromatic N) is 5. The summed E-state index contributed by atoms with van der Waals surface area (Å²) >= 11 is 0. The van der Waals surface area contributed by atoms with Crippen LogP contribution in [0.2, 0.25) is 0 Å². The van der Waals surface area contributed by atoms with E-state index in [0.717, 1.165) is 61.1 Å². The van der Waals surface area contributed by atoms with Gasteiger partial charge in [-0.3, -0.25) is 9.47 Å². The van der Waals surface area contributed by atoms with Gasteiger partial charge in [-0.2, -0.15) is 10.2 Å². The van der Waals surface area contributed by atoms with Gasteiger partial charge in [0.15, 0.2) is 0 Å². The minimum atomic E-state index is 0.00422. The van der Waals surface area contributed by atoms with E-state index in [-0.39, 0.29) is 6.71 Å². The summed E-state index contributed by atoms with van der Waals surface area (Å²) in [6.07, 6.45) is 0. The molecule has 0 spiro atoms. The maximum atomic E-state index is 10.2. The Morgan fingerprint density at radius 3 is 2.07 bits per heavy atom. The maximum absolute atomic E-state index is 10.2. The van der Waals surface area contributed by atoms with Crippen molar-refractivity contribution in [3.8, 4) is 23.4 Å². The summed E-state index contributed by atoms with van der Waals surface area (Å²) in [6, 6.07) is 43.3. The van der Waals surface area contributed by atoms with Crippen LogP contribution in [-0.4, -0.2) is 21.2 Å². The molecule has 7 heteroatoms. The first-order valence-electron chi connectivity index (χ1n) is 13.9. The van der Waals surface area contributed by atoms with Crippen molar-refractivity contribution >= 4 is 62.2 Å². The Bertz CT molecular complexity index is 2230. The van der Waals surface area contributed by atoms with Gasteiger partial charge >= 0.3 is 0 Å². The van der Waals surface area contributed by atoms with Crippen molar-refractivity contribution in [3.63, 3.8) is 0 Å².